The summed E-state index contributed by atoms with van der Waals surface area (Å²) < 4.78 is 5.22. The Bertz CT molecular complexity index is 947. The van der Waals surface area contributed by atoms with Crippen LogP contribution in [-0.4, -0.2) is 58.9 Å². The Balaban J connectivity index is 1.57. The maximum Gasteiger partial charge on any atom is 0.276 e. The summed E-state index contributed by atoms with van der Waals surface area (Å²) in [7, 11) is 2.11. The molecule has 27 heavy (non-hydrogen) atoms. The van der Waals surface area contributed by atoms with Crippen LogP contribution in [0.2, 0.25) is 0 Å². The molecule has 0 aliphatic carbocycles. The summed E-state index contributed by atoms with van der Waals surface area (Å²) in [4.78, 5) is 25.8. The average Bonchev–Trinajstić information content (AvgIpc) is 3.01. The number of fused-ring (bicyclic) bond motifs is 1. The number of pyridine rings is 1. The first-order valence-corrected chi connectivity index (χ1v) is 9.32. The second kappa shape index (κ2) is 7.48. The van der Waals surface area contributed by atoms with Gasteiger partial charge < -0.3 is 14.2 Å². The largest absolute Gasteiger partial charge is 0.448 e. The highest BCUT2D eigenvalue weighted by atomic mass is 16.3. The van der Waals surface area contributed by atoms with Crippen LogP contribution < -0.4 is 0 Å². The van der Waals surface area contributed by atoms with Gasteiger partial charge in [0.1, 0.15) is 5.76 Å². The minimum absolute atomic E-state index is 0.0439. The third-order valence-corrected chi connectivity index (χ3v) is 5.26. The van der Waals surface area contributed by atoms with Gasteiger partial charge in [-0.05, 0) is 37.9 Å². The highest BCUT2D eigenvalue weighted by Gasteiger charge is 2.27. The lowest BCUT2D eigenvalue weighted by Gasteiger charge is -2.24. The van der Waals surface area contributed by atoms with Crippen LogP contribution in [0.4, 0.5) is 0 Å². The Morgan fingerprint density at radius 1 is 1.19 bits per heavy atom. The maximum absolute atomic E-state index is 12.9. The average molecular weight is 364 g/mol. The van der Waals surface area contributed by atoms with Gasteiger partial charge in [-0.3, -0.25) is 9.78 Å². The molecule has 4 rings (SSSR count). The number of rotatable bonds is 3. The molecule has 1 saturated heterocycles. The number of carbonyl (C=O) groups is 1. The fraction of sp³-hybridized carbons (Fsp3) is 0.381. The third kappa shape index (κ3) is 3.71. The van der Waals surface area contributed by atoms with Crippen LogP contribution in [0.1, 0.15) is 21.8 Å². The SMILES string of the molecule is Cc1ocnc1C(=O)N1CCN(C)C[C@@H](Cc2cccc3cccnc23)C1. The van der Waals surface area contributed by atoms with Crippen molar-refractivity contribution in [1.82, 2.24) is 19.8 Å². The molecule has 2 aromatic heterocycles. The first-order valence-electron chi connectivity index (χ1n) is 9.32. The van der Waals surface area contributed by atoms with Gasteiger partial charge in [-0.25, -0.2) is 4.98 Å². The molecule has 3 heterocycles. The second-order valence-corrected chi connectivity index (χ2v) is 7.33. The van der Waals surface area contributed by atoms with Gasteiger partial charge in [-0.2, -0.15) is 0 Å². The van der Waals surface area contributed by atoms with E-state index in [0.29, 0.717) is 30.5 Å². The van der Waals surface area contributed by atoms with Crippen molar-refractivity contribution in [3.05, 3.63) is 59.9 Å². The zero-order valence-corrected chi connectivity index (χ0v) is 15.8. The molecular formula is C21H24N4O2. The maximum atomic E-state index is 12.9. The quantitative estimate of drug-likeness (QED) is 0.715. The normalized spacial score (nSPS) is 18.6. The standard InChI is InChI=1S/C21H24N4O2/c1-15-19(23-14-27-15)21(26)25-10-9-24(2)12-16(13-25)11-18-6-3-5-17-7-4-8-22-20(17)18/h3-8,14,16H,9-13H2,1-2H3/t16-/m1/s1. The van der Waals surface area contributed by atoms with Gasteiger partial charge in [-0.15, -0.1) is 0 Å². The lowest BCUT2D eigenvalue weighted by atomic mass is 9.96. The molecule has 0 radical (unpaired) electrons. The Morgan fingerprint density at radius 3 is 2.85 bits per heavy atom. The molecule has 6 heteroatoms. The summed E-state index contributed by atoms with van der Waals surface area (Å²) in [6.07, 6.45) is 4.07. The number of hydrogen-bond acceptors (Lipinski definition) is 5. The number of oxazole rings is 1. The number of carbonyl (C=O) groups excluding carboxylic acids is 1. The van der Waals surface area contributed by atoms with Gasteiger partial charge in [0.05, 0.1) is 5.52 Å². The molecule has 0 N–H and O–H groups in total. The summed E-state index contributed by atoms with van der Waals surface area (Å²) in [5.41, 5.74) is 2.71. The lowest BCUT2D eigenvalue weighted by Crippen LogP contribution is -2.37. The van der Waals surface area contributed by atoms with E-state index in [0.717, 1.165) is 30.4 Å². The molecule has 1 fully saturated rings. The number of nitrogens with zero attached hydrogens (tertiary/aromatic N) is 4. The molecule has 3 aromatic rings. The number of hydrogen-bond donors (Lipinski definition) is 0. The van der Waals surface area contributed by atoms with E-state index < -0.39 is 0 Å². The minimum atomic E-state index is -0.0439. The molecule has 1 aliphatic rings. The summed E-state index contributed by atoms with van der Waals surface area (Å²) >= 11 is 0. The van der Waals surface area contributed by atoms with Gasteiger partial charge in [0, 0.05) is 37.8 Å². The van der Waals surface area contributed by atoms with Gasteiger partial charge in [-0.1, -0.05) is 24.3 Å². The molecule has 0 unspecified atom stereocenters. The Kier molecular flexibility index (Phi) is 4.90. The Morgan fingerprint density at radius 2 is 2.04 bits per heavy atom. The van der Waals surface area contributed by atoms with Gasteiger partial charge in [0.2, 0.25) is 0 Å². The molecule has 1 amide bonds. The van der Waals surface area contributed by atoms with E-state index in [1.165, 1.54) is 12.0 Å². The van der Waals surface area contributed by atoms with Crippen molar-refractivity contribution >= 4 is 16.8 Å². The van der Waals surface area contributed by atoms with E-state index in [2.05, 4.69) is 46.2 Å². The topological polar surface area (TPSA) is 62.5 Å². The number of benzene rings is 1. The van der Waals surface area contributed by atoms with Crippen LogP contribution >= 0.6 is 0 Å². The second-order valence-electron chi connectivity index (χ2n) is 7.33. The molecule has 140 valence electrons. The fourth-order valence-electron chi connectivity index (χ4n) is 3.90. The zero-order chi connectivity index (χ0) is 18.8. The van der Waals surface area contributed by atoms with Crippen molar-refractivity contribution in [2.75, 3.05) is 33.2 Å². The fourth-order valence-corrected chi connectivity index (χ4v) is 3.90. The van der Waals surface area contributed by atoms with E-state index in [1.807, 2.05) is 17.2 Å². The van der Waals surface area contributed by atoms with Gasteiger partial charge in [0.25, 0.3) is 5.91 Å². The summed E-state index contributed by atoms with van der Waals surface area (Å²) in [5, 5.41) is 1.16. The van der Waals surface area contributed by atoms with Crippen LogP contribution in [0.15, 0.2) is 47.3 Å². The van der Waals surface area contributed by atoms with E-state index >= 15 is 0 Å². The van der Waals surface area contributed by atoms with Crippen molar-refractivity contribution in [2.24, 2.45) is 5.92 Å². The van der Waals surface area contributed by atoms with Crippen molar-refractivity contribution in [3.8, 4) is 0 Å². The number of amides is 1. The van der Waals surface area contributed by atoms with E-state index in [-0.39, 0.29) is 5.91 Å². The van der Waals surface area contributed by atoms with Crippen molar-refractivity contribution < 1.29 is 9.21 Å². The van der Waals surface area contributed by atoms with E-state index in [4.69, 9.17) is 4.42 Å². The molecule has 0 saturated carbocycles. The van der Waals surface area contributed by atoms with Crippen LogP contribution in [-0.2, 0) is 6.42 Å². The first kappa shape index (κ1) is 17.7. The highest BCUT2D eigenvalue weighted by Crippen LogP contribution is 2.22. The lowest BCUT2D eigenvalue weighted by molar-refractivity contribution is 0.0739. The van der Waals surface area contributed by atoms with E-state index in [9.17, 15) is 4.79 Å². The number of para-hydroxylation sites is 1. The van der Waals surface area contributed by atoms with Crippen molar-refractivity contribution in [2.45, 2.75) is 13.3 Å². The summed E-state index contributed by atoms with van der Waals surface area (Å²) in [6.45, 7) is 4.99. The van der Waals surface area contributed by atoms with E-state index in [1.54, 1.807) is 6.92 Å². The highest BCUT2D eigenvalue weighted by molar-refractivity contribution is 5.93. The monoisotopic (exact) mass is 364 g/mol. The first-order chi connectivity index (χ1) is 13.1. The molecule has 6 nitrogen and oxygen atoms in total. The minimum Gasteiger partial charge on any atom is -0.448 e. The van der Waals surface area contributed by atoms with Crippen LogP contribution in [0.5, 0.6) is 0 Å². The van der Waals surface area contributed by atoms with Crippen LogP contribution in [0.3, 0.4) is 0 Å². The summed E-state index contributed by atoms with van der Waals surface area (Å²) in [5.74, 6) is 0.867. The number of aromatic nitrogens is 2. The Labute approximate surface area is 158 Å². The van der Waals surface area contributed by atoms with Crippen LogP contribution in [0.25, 0.3) is 10.9 Å². The van der Waals surface area contributed by atoms with Gasteiger partial charge in [0.15, 0.2) is 12.1 Å². The molecule has 0 bridgehead atoms. The molecule has 1 aliphatic heterocycles. The summed E-state index contributed by atoms with van der Waals surface area (Å²) in [6, 6.07) is 10.4. The molecule has 0 spiro atoms. The number of aryl methyl sites for hydroxylation is 1. The number of likely N-dealkylation sites (N-methyl/N-ethyl adjacent to an activating group) is 1. The smallest absolute Gasteiger partial charge is 0.276 e. The molecule has 1 aromatic carbocycles. The molecule has 1 atom stereocenters. The van der Waals surface area contributed by atoms with Gasteiger partial charge >= 0.3 is 0 Å². The third-order valence-electron chi connectivity index (χ3n) is 5.26. The van der Waals surface area contributed by atoms with Crippen LogP contribution in [0, 0.1) is 12.8 Å². The predicted octanol–water partition coefficient (Wildman–Crippen LogP) is 2.78. The molecular weight excluding hydrogens is 340 g/mol. The van der Waals surface area contributed by atoms with Crippen molar-refractivity contribution in [3.63, 3.8) is 0 Å². The van der Waals surface area contributed by atoms with Crippen molar-refractivity contribution in [1.29, 1.82) is 0 Å². The Hall–Kier alpha value is -2.73. The predicted molar refractivity (Wildman–Crippen MR) is 104 cm³/mol. The zero-order valence-electron chi connectivity index (χ0n) is 15.8.